The highest BCUT2D eigenvalue weighted by molar-refractivity contribution is 5.99. The molecule has 0 aliphatic carbocycles. The largest absolute Gasteiger partial charge is 0.391 e. The molecule has 2 amide bonds. The number of amides is 2. The van der Waals surface area contributed by atoms with E-state index in [1.54, 1.807) is 21.9 Å². The number of piperidine rings is 1. The standard InChI is InChI=1S/C19H26N2O3/c1-14-9-12-20(13-16(14)22)18(24)19(2)10-6-11-21(19)17(23)15-7-4-3-5-8-15/h3-5,7-8,14,16,22H,6,9-13H2,1-2H3. The molecule has 0 saturated carbocycles. The molecule has 3 atom stereocenters. The molecule has 24 heavy (non-hydrogen) atoms. The van der Waals surface area contributed by atoms with E-state index in [4.69, 9.17) is 0 Å². The van der Waals surface area contributed by atoms with Gasteiger partial charge in [0.05, 0.1) is 6.10 Å². The first kappa shape index (κ1) is 17.0. The third kappa shape index (κ3) is 2.93. The van der Waals surface area contributed by atoms with E-state index in [0.29, 0.717) is 31.6 Å². The number of aliphatic hydroxyl groups is 1. The second kappa shape index (κ2) is 6.55. The number of rotatable bonds is 2. The molecule has 3 rings (SSSR count). The van der Waals surface area contributed by atoms with E-state index < -0.39 is 11.6 Å². The molecule has 2 aliphatic heterocycles. The average molecular weight is 330 g/mol. The Morgan fingerprint density at radius 2 is 1.92 bits per heavy atom. The molecule has 2 aliphatic rings. The molecule has 2 heterocycles. The fourth-order valence-electron chi connectivity index (χ4n) is 3.82. The quantitative estimate of drug-likeness (QED) is 0.901. The van der Waals surface area contributed by atoms with E-state index in [2.05, 4.69) is 0 Å². The first-order valence-electron chi connectivity index (χ1n) is 8.78. The summed E-state index contributed by atoms with van der Waals surface area (Å²) in [6.07, 6.45) is 1.82. The minimum Gasteiger partial charge on any atom is -0.391 e. The fraction of sp³-hybridized carbons (Fsp3) is 0.579. The van der Waals surface area contributed by atoms with Crippen LogP contribution in [0.4, 0.5) is 0 Å². The molecule has 130 valence electrons. The highest BCUT2D eigenvalue weighted by atomic mass is 16.3. The van der Waals surface area contributed by atoms with Gasteiger partial charge in [-0.15, -0.1) is 0 Å². The Labute approximate surface area is 143 Å². The Morgan fingerprint density at radius 3 is 2.58 bits per heavy atom. The third-order valence-electron chi connectivity index (χ3n) is 5.57. The van der Waals surface area contributed by atoms with Crippen molar-refractivity contribution in [1.82, 2.24) is 9.80 Å². The van der Waals surface area contributed by atoms with Crippen LogP contribution in [0.2, 0.25) is 0 Å². The van der Waals surface area contributed by atoms with Crippen molar-refractivity contribution >= 4 is 11.8 Å². The van der Waals surface area contributed by atoms with Crippen molar-refractivity contribution in [2.45, 2.75) is 44.8 Å². The minimum atomic E-state index is -0.812. The lowest BCUT2D eigenvalue weighted by atomic mass is 9.91. The smallest absolute Gasteiger partial charge is 0.254 e. The van der Waals surface area contributed by atoms with Gasteiger partial charge in [-0.25, -0.2) is 0 Å². The van der Waals surface area contributed by atoms with E-state index in [1.165, 1.54) is 0 Å². The summed E-state index contributed by atoms with van der Waals surface area (Å²) in [6, 6.07) is 9.13. The fourth-order valence-corrected chi connectivity index (χ4v) is 3.82. The van der Waals surface area contributed by atoms with Crippen molar-refractivity contribution in [3.05, 3.63) is 35.9 Å². The zero-order valence-corrected chi connectivity index (χ0v) is 14.4. The number of nitrogens with zero attached hydrogens (tertiary/aromatic N) is 2. The van der Waals surface area contributed by atoms with Gasteiger partial charge in [-0.3, -0.25) is 9.59 Å². The van der Waals surface area contributed by atoms with E-state index >= 15 is 0 Å². The average Bonchev–Trinajstić information content (AvgIpc) is 2.99. The summed E-state index contributed by atoms with van der Waals surface area (Å²) >= 11 is 0. The SMILES string of the molecule is CC1CCN(C(=O)C2(C)CCCN2C(=O)c2ccccc2)CC1O. The van der Waals surface area contributed by atoms with Gasteiger partial charge in [0.15, 0.2) is 0 Å². The first-order valence-corrected chi connectivity index (χ1v) is 8.78. The van der Waals surface area contributed by atoms with Gasteiger partial charge in [0, 0.05) is 25.2 Å². The number of aliphatic hydroxyl groups excluding tert-OH is 1. The van der Waals surface area contributed by atoms with Gasteiger partial charge in [-0.2, -0.15) is 0 Å². The molecule has 2 saturated heterocycles. The van der Waals surface area contributed by atoms with E-state index in [1.807, 2.05) is 32.0 Å². The van der Waals surface area contributed by atoms with Crippen molar-refractivity contribution < 1.29 is 14.7 Å². The topological polar surface area (TPSA) is 60.9 Å². The first-order chi connectivity index (χ1) is 11.4. The molecule has 5 nitrogen and oxygen atoms in total. The second-order valence-corrected chi connectivity index (χ2v) is 7.28. The van der Waals surface area contributed by atoms with Gasteiger partial charge in [0.2, 0.25) is 5.91 Å². The summed E-state index contributed by atoms with van der Waals surface area (Å²) < 4.78 is 0. The molecule has 0 spiro atoms. The zero-order chi connectivity index (χ0) is 17.3. The summed E-state index contributed by atoms with van der Waals surface area (Å²) in [4.78, 5) is 29.5. The van der Waals surface area contributed by atoms with Crippen LogP contribution in [-0.4, -0.2) is 58.0 Å². The predicted molar refractivity (Wildman–Crippen MR) is 91.5 cm³/mol. The van der Waals surface area contributed by atoms with Crippen molar-refractivity contribution in [3.63, 3.8) is 0 Å². The molecule has 3 unspecified atom stereocenters. The van der Waals surface area contributed by atoms with Gasteiger partial charge in [-0.05, 0) is 44.2 Å². The van der Waals surface area contributed by atoms with Gasteiger partial charge >= 0.3 is 0 Å². The Morgan fingerprint density at radius 1 is 1.21 bits per heavy atom. The predicted octanol–water partition coefficient (Wildman–Crippen LogP) is 1.91. The van der Waals surface area contributed by atoms with Gasteiger partial charge in [-0.1, -0.05) is 25.1 Å². The summed E-state index contributed by atoms with van der Waals surface area (Å²) in [5.74, 6) is 0.0950. The maximum atomic E-state index is 13.1. The normalized spacial score (nSPS) is 30.5. The van der Waals surface area contributed by atoms with Crippen LogP contribution in [0.3, 0.4) is 0 Å². The van der Waals surface area contributed by atoms with Crippen molar-refractivity contribution in [2.75, 3.05) is 19.6 Å². The number of carbonyl (C=O) groups is 2. The number of carbonyl (C=O) groups excluding carboxylic acids is 2. The number of hydrogen-bond donors (Lipinski definition) is 1. The molecule has 1 aromatic rings. The Balaban J connectivity index is 1.80. The van der Waals surface area contributed by atoms with Crippen LogP contribution >= 0.6 is 0 Å². The summed E-state index contributed by atoms with van der Waals surface area (Å²) in [7, 11) is 0. The molecular weight excluding hydrogens is 304 g/mol. The van der Waals surface area contributed by atoms with Crippen LogP contribution in [0.5, 0.6) is 0 Å². The van der Waals surface area contributed by atoms with E-state index in [-0.39, 0.29) is 17.7 Å². The molecule has 1 N–H and O–H groups in total. The molecule has 1 aromatic carbocycles. The van der Waals surface area contributed by atoms with Gasteiger partial charge in [0.1, 0.15) is 5.54 Å². The van der Waals surface area contributed by atoms with E-state index in [9.17, 15) is 14.7 Å². The van der Waals surface area contributed by atoms with Crippen molar-refractivity contribution in [3.8, 4) is 0 Å². The lowest BCUT2D eigenvalue weighted by Gasteiger charge is -2.41. The lowest BCUT2D eigenvalue weighted by molar-refractivity contribution is -0.145. The maximum Gasteiger partial charge on any atom is 0.254 e. The second-order valence-electron chi connectivity index (χ2n) is 7.28. The van der Waals surface area contributed by atoms with Crippen molar-refractivity contribution in [2.24, 2.45) is 5.92 Å². The zero-order valence-electron chi connectivity index (χ0n) is 14.4. The monoisotopic (exact) mass is 330 g/mol. The highest BCUT2D eigenvalue weighted by Crippen LogP contribution is 2.33. The molecule has 0 bridgehead atoms. The third-order valence-corrected chi connectivity index (χ3v) is 5.57. The summed E-state index contributed by atoms with van der Waals surface area (Å²) in [5.41, 5.74) is -0.196. The number of hydrogen-bond acceptors (Lipinski definition) is 3. The molecular formula is C19H26N2O3. The van der Waals surface area contributed by atoms with Crippen LogP contribution < -0.4 is 0 Å². The van der Waals surface area contributed by atoms with Crippen LogP contribution in [0, 0.1) is 5.92 Å². The Hall–Kier alpha value is -1.88. The van der Waals surface area contributed by atoms with Gasteiger partial charge in [0.25, 0.3) is 5.91 Å². The molecule has 0 aromatic heterocycles. The van der Waals surface area contributed by atoms with Gasteiger partial charge < -0.3 is 14.9 Å². The van der Waals surface area contributed by atoms with Crippen LogP contribution in [0.15, 0.2) is 30.3 Å². The number of benzene rings is 1. The summed E-state index contributed by atoms with van der Waals surface area (Å²) in [6.45, 7) is 5.49. The summed E-state index contributed by atoms with van der Waals surface area (Å²) in [5, 5.41) is 10.1. The molecule has 2 fully saturated rings. The van der Waals surface area contributed by atoms with Crippen LogP contribution in [0.1, 0.15) is 43.5 Å². The number of β-amino-alcohol motifs (C(OH)–C–C–N with tert-alkyl or cyclic N) is 1. The minimum absolute atomic E-state index is 0.0322. The highest BCUT2D eigenvalue weighted by Gasteiger charge is 2.48. The lowest BCUT2D eigenvalue weighted by Crippen LogP contribution is -2.59. The van der Waals surface area contributed by atoms with Crippen LogP contribution in [-0.2, 0) is 4.79 Å². The molecule has 0 radical (unpaired) electrons. The van der Waals surface area contributed by atoms with E-state index in [0.717, 1.165) is 12.8 Å². The Bertz CT molecular complexity index is 618. The number of likely N-dealkylation sites (tertiary alicyclic amines) is 2. The van der Waals surface area contributed by atoms with Crippen LogP contribution in [0.25, 0.3) is 0 Å². The Kier molecular flexibility index (Phi) is 4.63. The van der Waals surface area contributed by atoms with Crippen molar-refractivity contribution in [1.29, 1.82) is 0 Å². The molecule has 5 heteroatoms. The maximum absolute atomic E-state index is 13.1.